The zero-order chi connectivity index (χ0) is 19.8. The van der Waals surface area contributed by atoms with Gasteiger partial charge in [0, 0.05) is 23.5 Å². The van der Waals surface area contributed by atoms with Gasteiger partial charge in [-0.2, -0.15) is 9.78 Å². The van der Waals surface area contributed by atoms with Gasteiger partial charge in [0.25, 0.3) is 5.56 Å². The van der Waals surface area contributed by atoms with Crippen molar-refractivity contribution in [1.82, 2.24) is 14.2 Å². The largest absolute Gasteiger partial charge is 0.343 e. The first-order valence-corrected chi connectivity index (χ1v) is 9.37. The number of nitrogens with zero attached hydrogens (tertiary/aromatic N) is 4. The van der Waals surface area contributed by atoms with E-state index in [1.807, 2.05) is 55.6 Å². The second-order valence-corrected chi connectivity index (χ2v) is 6.86. The summed E-state index contributed by atoms with van der Waals surface area (Å²) in [6.45, 7) is 0. The maximum absolute atomic E-state index is 12.8. The summed E-state index contributed by atoms with van der Waals surface area (Å²) in [7, 11) is 2.05. The average Bonchev–Trinajstić information content (AvgIpc) is 3.06. The Morgan fingerprint density at radius 1 is 0.862 bits per heavy atom. The van der Waals surface area contributed by atoms with E-state index >= 15 is 0 Å². The monoisotopic (exact) mass is 378 g/mol. The average molecular weight is 378 g/mol. The summed E-state index contributed by atoms with van der Waals surface area (Å²) in [6, 6.07) is 25.7. The molecule has 0 aliphatic heterocycles. The highest BCUT2D eigenvalue weighted by Gasteiger charge is 2.15. The smallest absolute Gasteiger partial charge is 0.281 e. The highest BCUT2D eigenvalue weighted by Crippen LogP contribution is 2.31. The summed E-state index contributed by atoms with van der Waals surface area (Å²) in [5.41, 5.74) is 4.70. The number of hydrogen-bond donors (Lipinski definition) is 0. The summed E-state index contributed by atoms with van der Waals surface area (Å²) >= 11 is 0. The quantitative estimate of drug-likeness (QED) is 0.436. The Morgan fingerprint density at radius 2 is 1.55 bits per heavy atom. The van der Waals surface area contributed by atoms with Crippen molar-refractivity contribution in [1.29, 1.82) is 0 Å². The molecule has 5 rings (SSSR count). The molecule has 0 aliphatic rings. The number of aromatic nitrogens is 3. The Labute approximate surface area is 167 Å². The zero-order valence-corrected chi connectivity index (χ0v) is 15.9. The van der Waals surface area contributed by atoms with E-state index in [0.29, 0.717) is 10.9 Å². The van der Waals surface area contributed by atoms with Crippen LogP contribution in [0.1, 0.15) is 5.56 Å². The Morgan fingerprint density at radius 3 is 2.38 bits per heavy atom. The molecule has 0 bridgehead atoms. The summed E-state index contributed by atoms with van der Waals surface area (Å²) in [5, 5.41) is 6.11. The molecule has 2 heterocycles. The van der Waals surface area contributed by atoms with Gasteiger partial charge >= 0.3 is 0 Å². The lowest BCUT2D eigenvalue weighted by molar-refractivity contribution is 0.817. The molecule has 0 saturated carbocycles. The second kappa shape index (κ2) is 6.87. The first-order valence-electron chi connectivity index (χ1n) is 9.37. The Balaban J connectivity index is 1.72. The van der Waals surface area contributed by atoms with Crippen molar-refractivity contribution >= 4 is 28.0 Å². The van der Waals surface area contributed by atoms with Gasteiger partial charge in [0.15, 0.2) is 0 Å². The SMILES string of the molecule is Cn1c(-c2ccccc2)c(/C=N/n2cnc3ccccc3c2=O)c2ccccc21. The minimum Gasteiger partial charge on any atom is -0.343 e. The molecular weight excluding hydrogens is 360 g/mol. The third-order valence-corrected chi connectivity index (χ3v) is 5.15. The summed E-state index contributed by atoms with van der Waals surface area (Å²) < 4.78 is 3.45. The van der Waals surface area contributed by atoms with Crippen LogP contribution in [0.5, 0.6) is 0 Å². The van der Waals surface area contributed by atoms with Crippen molar-refractivity contribution < 1.29 is 0 Å². The molecular formula is C24H18N4O. The van der Waals surface area contributed by atoms with Crippen molar-refractivity contribution in [3.05, 3.63) is 101 Å². The van der Waals surface area contributed by atoms with Gasteiger partial charge in [0.05, 0.1) is 22.8 Å². The van der Waals surface area contributed by atoms with Crippen LogP contribution in [-0.2, 0) is 7.05 Å². The summed E-state index contributed by atoms with van der Waals surface area (Å²) in [6.07, 6.45) is 3.22. The van der Waals surface area contributed by atoms with Crippen LogP contribution in [-0.4, -0.2) is 20.4 Å². The van der Waals surface area contributed by atoms with Crippen LogP contribution in [0.25, 0.3) is 33.1 Å². The van der Waals surface area contributed by atoms with Gasteiger partial charge in [-0.05, 0) is 23.8 Å². The molecule has 0 amide bonds. The lowest BCUT2D eigenvalue weighted by Crippen LogP contribution is -2.17. The molecule has 5 nitrogen and oxygen atoms in total. The fourth-order valence-electron chi connectivity index (χ4n) is 3.76. The maximum Gasteiger partial charge on any atom is 0.281 e. The number of benzene rings is 3. The number of hydrogen-bond acceptors (Lipinski definition) is 3. The van der Waals surface area contributed by atoms with E-state index in [1.165, 1.54) is 11.0 Å². The van der Waals surface area contributed by atoms with E-state index in [4.69, 9.17) is 0 Å². The summed E-state index contributed by atoms with van der Waals surface area (Å²) in [5.74, 6) is 0. The standard InChI is InChI=1S/C24H18N4O/c1-27-22-14-8-6-11-18(22)20(23(27)17-9-3-2-4-10-17)15-26-28-16-25-21-13-7-5-12-19(21)24(28)29/h2-16H,1H3/b26-15+. The molecule has 5 heteroatoms. The fourth-order valence-corrected chi connectivity index (χ4v) is 3.76. The van der Waals surface area contributed by atoms with Gasteiger partial charge in [-0.15, -0.1) is 0 Å². The van der Waals surface area contributed by atoms with Gasteiger partial charge in [0.1, 0.15) is 6.33 Å². The molecule has 0 N–H and O–H groups in total. The highest BCUT2D eigenvalue weighted by atomic mass is 16.1. The highest BCUT2D eigenvalue weighted by molar-refractivity contribution is 6.06. The Hall–Kier alpha value is -3.99. The fraction of sp³-hybridized carbons (Fsp3) is 0.0417. The maximum atomic E-state index is 12.8. The van der Waals surface area contributed by atoms with Crippen molar-refractivity contribution in [3.63, 3.8) is 0 Å². The lowest BCUT2D eigenvalue weighted by Gasteiger charge is -2.06. The third kappa shape index (κ3) is 2.84. The molecule has 2 aromatic heterocycles. The molecule has 5 aromatic rings. The normalized spacial score (nSPS) is 11.6. The molecule has 0 radical (unpaired) electrons. The van der Waals surface area contributed by atoms with Gasteiger partial charge in [-0.1, -0.05) is 60.7 Å². The summed E-state index contributed by atoms with van der Waals surface area (Å²) in [4.78, 5) is 17.1. The number of fused-ring (bicyclic) bond motifs is 2. The van der Waals surface area contributed by atoms with Crippen LogP contribution in [0.15, 0.2) is 95.1 Å². The Kier molecular flexibility index (Phi) is 4.06. The van der Waals surface area contributed by atoms with E-state index in [1.54, 1.807) is 12.3 Å². The third-order valence-electron chi connectivity index (χ3n) is 5.15. The van der Waals surface area contributed by atoms with E-state index in [-0.39, 0.29) is 5.56 Å². The predicted molar refractivity (Wildman–Crippen MR) is 117 cm³/mol. The minimum absolute atomic E-state index is 0.187. The molecule has 29 heavy (non-hydrogen) atoms. The van der Waals surface area contributed by atoms with Crippen molar-refractivity contribution in [3.8, 4) is 11.3 Å². The predicted octanol–water partition coefficient (Wildman–Crippen LogP) is 4.44. The van der Waals surface area contributed by atoms with Crippen LogP contribution >= 0.6 is 0 Å². The molecule has 0 saturated heterocycles. The van der Waals surface area contributed by atoms with Crippen LogP contribution in [0, 0.1) is 0 Å². The van der Waals surface area contributed by atoms with Crippen LogP contribution in [0.3, 0.4) is 0 Å². The van der Waals surface area contributed by atoms with Gasteiger partial charge in [0.2, 0.25) is 0 Å². The number of rotatable bonds is 3. The lowest BCUT2D eigenvalue weighted by atomic mass is 10.1. The van der Waals surface area contributed by atoms with Crippen LogP contribution in [0.2, 0.25) is 0 Å². The molecule has 0 atom stereocenters. The molecule has 0 aliphatic carbocycles. The van der Waals surface area contributed by atoms with Crippen molar-refractivity contribution in [2.45, 2.75) is 0 Å². The van der Waals surface area contributed by atoms with Crippen LogP contribution < -0.4 is 5.56 Å². The van der Waals surface area contributed by atoms with Crippen molar-refractivity contribution in [2.24, 2.45) is 12.1 Å². The molecule has 140 valence electrons. The molecule has 0 fully saturated rings. The minimum atomic E-state index is -0.187. The first kappa shape index (κ1) is 17.1. The topological polar surface area (TPSA) is 52.2 Å². The number of aryl methyl sites for hydroxylation is 1. The van der Waals surface area contributed by atoms with Gasteiger partial charge in [-0.3, -0.25) is 4.79 Å². The molecule has 0 spiro atoms. The van der Waals surface area contributed by atoms with E-state index < -0.39 is 0 Å². The van der Waals surface area contributed by atoms with Crippen molar-refractivity contribution in [2.75, 3.05) is 0 Å². The molecule has 3 aromatic carbocycles. The molecule has 0 unspecified atom stereocenters. The number of para-hydroxylation sites is 2. The van der Waals surface area contributed by atoms with E-state index in [0.717, 1.165) is 27.7 Å². The van der Waals surface area contributed by atoms with Gasteiger partial charge in [-0.25, -0.2) is 4.98 Å². The van der Waals surface area contributed by atoms with Gasteiger partial charge < -0.3 is 4.57 Å². The second-order valence-electron chi connectivity index (χ2n) is 6.86. The van der Waals surface area contributed by atoms with Crippen LogP contribution in [0.4, 0.5) is 0 Å². The first-order chi connectivity index (χ1) is 14.2. The zero-order valence-electron chi connectivity index (χ0n) is 15.9. The van der Waals surface area contributed by atoms with E-state index in [9.17, 15) is 4.79 Å². The van der Waals surface area contributed by atoms with E-state index in [2.05, 4.69) is 38.9 Å². The Bertz CT molecular complexity index is 1430.